The molecule has 1 aliphatic heterocycles. The van der Waals surface area contributed by atoms with Crippen molar-refractivity contribution in [3.63, 3.8) is 0 Å². The van der Waals surface area contributed by atoms with E-state index >= 15 is 0 Å². The molecule has 1 aromatic heterocycles. The second-order valence-electron chi connectivity index (χ2n) is 5.68. The number of rotatable bonds is 2. The summed E-state index contributed by atoms with van der Waals surface area (Å²) in [7, 11) is 0. The number of pyridine rings is 1. The van der Waals surface area contributed by atoms with Gasteiger partial charge in [-0.05, 0) is 49.6 Å². The minimum atomic E-state index is -0.170. The summed E-state index contributed by atoms with van der Waals surface area (Å²) in [6, 6.07) is 11.5. The second-order valence-corrected chi connectivity index (χ2v) is 5.68. The molecule has 104 valence electrons. The van der Waals surface area contributed by atoms with Gasteiger partial charge < -0.3 is 4.90 Å². The zero-order chi connectivity index (χ0) is 14.1. The zero-order valence-corrected chi connectivity index (χ0v) is 11.9. The smallest absolute Gasteiger partial charge is 0.128 e. The maximum atomic E-state index is 13.0. The molecular weight excluding hydrogens is 251 g/mol. The molecule has 2 unspecified atom stereocenters. The lowest BCUT2D eigenvalue weighted by atomic mass is 9.97. The normalized spacial score (nSPS) is 22.2. The molecular formula is C17H19FN2. The lowest BCUT2D eigenvalue weighted by Crippen LogP contribution is -2.27. The molecule has 1 aliphatic rings. The third kappa shape index (κ3) is 2.53. The molecule has 0 spiro atoms. The Labute approximate surface area is 119 Å². The molecule has 0 aliphatic carbocycles. The average Bonchev–Trinajstić information content (AvgIpc) is 2.82. The van der Waals surface area contributed by atoms with Gasteiger partial charge in [0.1, 0.15) is 11.6 Å². The van der Waals surface area contributed by atoms with Crippen LogP contribution in [-0.4, -0.2) is 17.6 Å². The van der Waals surface area contributed by atoms with Crippen LogP contribution in [0.4, 0.5) is 10.2 Å². The first-order valence-corrected chi connectivity index (χ1v) is 7.08. The Morgan fingerprint density at radius 1 is 1.15 bits per heavy atom. The molecule has 20 heavy (non-hydrogen) atoms. The molecule has 3 heteroatoms. The Hall–Kier alpha value is -1.90. The van der Waals surface area contributed by atoms with Gasteiger partial charge in [0.2, 0.25) is 0 Å². The maximum Gasteiger partial charge on any atom is 0.128 e. The van der Waals surface area contributed by atoms with E-state index in [0.29, 0.717) is 12.0 Å². The topological polar surface area (TPSA) is 16.1 Å². The average molecular weight is 270 g/mol. The summed E-state index contributed by atoms with van der Waals surface area (Å²) in [6.45, 7) is 5.22. The Kier molecular flexibility index (Phi) is 3.43. The predicted molar refractivity (Wildman–Crippen MR) is 79.5 cm³/mol. The highest BCUT2D eigenvalue weighted by molar-refractivity contribution is 5.43. The molecule has 2 aromatic rings. The Morgan fingerprint density at radius 3 is 2.55 bits per heavy atom. The first kappa shape index (κ1) is 13.1. The van der Waals surface area contributed by atoms with Crippen LogP contribution in [0.1, 0.15) is 30.4 Å². The van der Waals surface area contributed by atoms with Crippen LogP contribution in [0.25, 0.3) is 0 Å². The van der Waals surface area contributed by atoms with Crippen molar-refractivity contribution in [2.75, 3.05) is 11.4 Å². The second kappa shape index (κ2) is 5.23. The van der Waals surface area contributed by atoms with Gasteiger partial charge >= 0.3 is 0 Å². The van der Waals surface area contributed by atoms with Crippen molar-refractivity contribution in [1.82, 2.24) is 4.98 Å². The van der Waals surface area contributed by atoms with Gasteiger partial charge in [-0.2, -0.15) is 0 Å². The van der Waals surface area contributed by atoms with E-state index in [1.807, 2.05) is 25.3 Å². The van der Waals surface area contributed by atoms with E-state index in [1.165, 1.54) is 11.1 Å². The van der Waals surface area contributed by atoms with Crippen LogP contribution in [0.2, 0.25) is 0 Å². The van der Waals surface area contributed by atoms with Crippen molar-refractivity contribution < 1.29 is 4.39 Å². The molecule has 0 bridgehead atoms. The minimum Gasteiger partial charge on any atom is -0.353 e. The molecule has 3 rings (SSSR count). The summed E-state index contributed by atoms with van der Waals surface area (Å²) in [5.41, 5.74) is 2.39. The molecule has 1 fully saturated rings. The quantitative estimate of drug-likeness (QED) is 0.822. The molecule has 2 atom stereocenters. The van der Waals surface area contributed by atoms with Crippen molar-refractivity contribution in [1.29, 1.82) is 0 Å². The van der Waals surface area contributed by atoms with Gasteiger partial charge in [-0.1, -0.05) is 18.2 Å². The fraction of sp³-hybridized carbons (Fsp3) is 0.353. The lowest BCUT2D eigenvalue weighted by molar-refractivity contribution is 0.625. The number of hydrogen-bond acceptors (Lipinski definition) is 2. The maximum absolute atomic E-state index is 13.0. The fourth-order valence-electron chi connectivity index (χ4n) is 2.96. The van der Waals surface area contributed by atoms with E-state index in [4.69, 9.17) is 0 Å². The van der Waals surface area contributed by atoms with Crippen molar-refractivity contribution in [2.45, 2.75) is 32.2 Å². The molecule has 0 N–H and O–H groups in total. The van der Waals surface area contributed by atoms with E-state index in [-0.39, 0.29) is 5.82 Å². The third-order valence-corrected chi connectivity index (χ3v) is 4.11. The standard InChI is InChI=1S/C17H19FN2/c1-12-3-8-17(19-10-12)20-11-15(9-13(20)2)14-4-6-16(18)7-5-14/h3-8,10,13,15H,9,11H2,1-2H3. The van der Waals surface area contributed by atoms with E-state index in [0.717, 1.165) is 18.8 Å². The van der Waals surface area contributed by atoms with Gasteiger partial charge in [0.25, 0.3) is 0 Å². The highest BCUT2D eigenvalue weighted by atomic mass is 19.1. The van der Waals surface area contributed by atoms with Gasteiger partial charge in [0, 0.05) is 24.7 Å². The van der Waals surface area contributed by atoms with Gasteiger partial charge in [-0.25, -0.2) is 9.37 Å². The van der Waals surface area contributed by atoms with Crippen molar-refractivity contribution in [3.8, 4) is 0 Å². The number of halogens is 1. The molecule has 2 nitrogen and oxygen atoms in total. The molecule has 0 radical (unpaired) electrons. The summed E-state index contributed by atoms with van der Waals surface area (Å²) in [4.78, 5) is 6.86. The summed E-state index contributed by atoms with van der Waals surface area (Å²) >= 11 is 0. The van der Waals surface area contributed by atoms with Gasteiger partial charge in [-0.15, -0.1) is 0 Å². The summed E-state index contributed by atoms with van der Waals surface area (Å²) in [6.07, 6.45) is 2.99. The van der Waals surface area contributed by atoms with Crippen LogP contribution in [0.15, 0.2) is 42.6 Å². The number of nitrogens with zero attached hydrogens (tertiary/aromatic N) is 2. The van der Waals surface area contributed by atoms with Crippen LogP contribution in [0, 0.1) is 12.7 Å². The van der Waals surface area contributed by atoms with E-state index in [2.05, 4.69) is 28.9 Å². The molecule has 1 saturated heterocycles. The first-order chi connectivity index (χ1) is 9.63. The Morgan fingerprint density at radius 2 is 1.90 bits per heavy atom. The zero-order valence-electron chi connectivity index (χ0n) is 11.9. The number of aryl methyl sites for hydroxylation is 1. The van der Waals surface area contributed by atoms with Gasteiger partial charge in [0.15, 0.2) is 0 Å². The number of hydrogen-bond donors (Lipinski definition) is 0. The fourth-order valence-corrected chi connectivity index (χ4v) is 2.96. The van der Waals surface area contributed by atoms with Crippen LogP contribution < -0.4 is 4.90 Å². The lowest BCUT2D eigenvalue weighted by Gasteiger charge is -2.22. The number of benzene rings is 1. The van der Waals surface area contributed by atoms with E-state index in [9.17, 15) is 4.39 Å². The summed E-state index contributed by atoms with van der Waals surface area (Å²) in [5, 5.41) is 0. The molecule has 0 amide bonds. The van der Waals surface area contributed by atoms with Crippen LogP contribution >= 0.6 is 0 Å². The minimum absolute atomic E-state index is 0.170. The van der Waals surface area contributed by atoms with Crippen molar-refractivity contribution in [2.24, 2.45) is 0 Å². The SMILES string of the molecule is Cc1ccc(N2CC(c3ccc(F)cc3)CC2C)nc1. The molecule has 0 saturated carbocycles. The largest absolute Gasteiger partial charge is 0.353 e. The van der Waals surface area contributed by atoms with Crippen LogP contribution in [-0.2, 0) is 0 Å². The summed E-state index contributed by atoms with van der Waals surface area (Å²) in [5.74, 6) is 1.32. The Bertz CT molecular complexity index is 577. The van der Waals surface area contributed by atoms with Crippen LogP contribution in [0.3, 0.4) is 0 Å². The third-order valence-electron chi connectivity index (χ3n) is 4.11. The van der Waals surface area contributed by atoms with Crippen molar-refractivity contribution in [3.05, 3.63) is 59.5 Å². The van der Waals surface area contributed by atoms with Gasteiger partial charge in [0.05, 0.1) is 0 Å². The van der Waals surface area contributed by atoms with E-state index < -0.39 is 0 Å². The van der Waals surface area contributed by atoms with Gasteiger partial charge in [-0.3, -0.25) is 0 Å². The summed E-state index contributed by atoms with van der Waals surface area (Å²) < 4.78 is 13.0. The number of aromatic nitrogens is 1. The monoisotopic (exact) mass is 270 g/mol. The number of anilines is 1. The Balaban J connectivity index is 1.79. The van der Waals surface area contributed by atoms with E-state index in [1.54, 1.807) is 12.1 Å². The highest BCUT2D eigenvalue weighted by Crippen LogP contribution is 2.34. The predicted octanol–water partition coefficient (Wildman–Crippen LogP) is 3.91. The van der Waals surface area contributed by atoms with Crippen LogP contribution in [0.5, 0.6) is 0 Å². The highest BCUT2D eigenvalue weighted by Gasteiger charge is 2.30. The van der Waals surface area contributed by atoms with Crippen molar-refractivity contribution >= 4 is 5.82 Å². The first-order valence-electron chi connectivity index (χ1n) is 7.08. The molecule has 1 aromatic carbocycles. The molecule has 2 heterocycles.